The Hall–Kier alpha value is -0.960. The van der Waals surface area contributed by atoms with E-state index in [-0.39, 0.29) is 17.9 Å². The van der Waals surface area contributed by atoms with Crippen molar-refractivity contribution in [3.05, 3.63) is 35.4 Å². The summed E-state index contributed by atoms with van der Waals surface area (Å²) in [6, 6.07) is 3.90. The molecule has 0 radical (unpaired) electrons. The van der Waals surface area contributed by atoms with Gasteiger partial charge in [0.2, 0.25) is 0 Å². The number of rotatable bonds is 4. The Kier molecular flexibility index (Phi) is 4.03. The fourth-order valence-corrected chi connectivity index (χ4v) is 1.72. The van der Waals surface area contributed by atoms with E-state index in [4.69, 9.17) is 5.73 Å². The molecule has 0 saturated carbocycles. The normalized spacial score (nSPS) is 16.9. The molecular formula is C13H19F2N. The van der Waals surface area contributed by atoms with Gasteiger partial charge in [-0.15, -0.1) is 0 Å². The Morgan fingerprint density at radius 2 is 1.81 bits per heavy atom. The van der Waals surface area contributed by atoms with Crippen LogP contribution in [0.25, 0.3) is 0 Å². The van der Waals surface area contributed by atoms with Crippen LogP contribution in [0.2, 0.25) is 0 Å². The lowest BCUT2D eigenvalue weighted by Gasteiger charge is -2.31. The highest BCUT2D eigenvalue weighted by Crippen LogP contribution is 2.24. The maximum absolute atomic E-state index is 13.5. The molecule has 2 atom stereocenters. The molecule has 0 bridgehead atoms. The monoisotopic (exact) mass is 227 g/mol. The van der Waals surface area contributed by atoms with Gasteiger partial charge < -0.3 is 5.73 Å². The second kappa shape index (κ2) is 4.91. The summed E-state index contributed by atoms with van der Waals surface area (Å²) in [6.45, 7) is 5.86. The number of nitrogens with two attached hydrogens (primary N) is 1. The molecule has 0 saturated heterocycles. The van der Waals surface area contributed by atoms with Crippen LogP contribution in [0.3, 0.4) is 0 Å². The van der Waals surface area contributed by atoms with E-state index < -0.39 is 17.2 Å². The fraction of sp³-hybridized carbons (Fsp3) is 0.538. The fourth-order valence-electron chi connectivity index (χ4n) is 1.72. The third-order valence-electron chi connectivity index (χ3n) is 3.36. The topological polar surface area (TPSA) is 26.0 Å². The summed E-state index contributed by atoms with van der Waals surface area (Å²) < 4.78 is 26.9. The van der Waals surface area contributed by atoms with E-state index in [9.17, 15) is 8.78 Å². The predicted molar refractivity (Wildman–Crippen MR) is 62.1 cm³/mol. The lowest BCUT2D eigenvalue weighted by atomic mass is 9.81. The van der Waals surface area contributed by atoms with Crippen molar-refractivity contribution in [1.82, 2.24) is 0 Å². The molecule has 0 aliphatic rings. The maximum atomic E-state index is 13.5. The average molecular weight is 227 g/mol. The standard InChI is InChI=1S/C13H19F2N/c1-4-9(2)13(3,16)8-10-11(14)6-5-7-12(10)15/h5-7,9H,4,8,16H2,1-3H3. The molecule has 0 spiro atoms. The lowest BCUT2D eigenvalue weighted by Crippen LogP contribution is -2.45. The van der Waals surface area contributed by atoms with Crippen molar-refractivity contribution < 1.29 is 8.78 Å². The third kappa shape index (κ3) is 2.79. The van der Waals surface area contributed by atoms with Crippen LogP contribution in [0, 0.1) is 17.6 Å². The molecule has 0 fully saturated rings. The summed E-state index contributed by atoms with van der Waals surface area (Å²) in [5, 5.41) is 0. The van der Waals surface area contributed by atoms with Crippen LogP contribution >= 0.6 is 0 Å². The Labute approximate surface area is 95.7 Å². The van der Waals surface area contributed by atoms with Crippen molar-refractivity contribution in [1.29, 1.82) is 0 Å². The van der Waals surface area contributed by atoms with E-state index in [1.165, 1.54) is 18.2 Å². The quantitative estimate of drug-likeness (QED) is 0.839. The highest BCUT2D eigenvalue weighted by Gasteiger charge is 2.27. The second-order valence-electron chi connectivity index (χ2n) is 4.69. The van der Waals surface area contributed by atoms with E-state index in [1.54, 1.807) is 0 Å². The van der Waals surface area contributed by atoms with Gasteiger partial charge in [0.1, 0.15) is 11.6 Å². The van der Waals surface area contributed by atoms with Gasteiger partial charge in [-0.2, -0.15) is 0 Å². The largest absolute Gasteiger partial charge is 0.325 e. The van der Waals surface area contributed by atoms with Crippen LogP contribution in [0.5, 0.6) is 0 Å². The van der Waals surface area contributed by atoms with Crippen molar-refractivity contribution in [2.75, 3.05) is 0 Å². The SMILES string of the molecule is CCC(C)C(C)(N)Cc1c(F)cccc1F. The zero-order valence-corrected chi connectivity index (χ0v) is 10.1. The zero-order valence-electron chi connectivity index (χ0n) is 10.1. The Morgan fingerprint density at radius 3 is 2.25 bits per heavy atom. The van der Waals surface area contributed by atoms with E-state index in [0.29, 0.717) is 0 Å². The van der Waals surface area contributed by atoms with Gasteiger partial charge in [-0.3, -0.25) is 0 Å². The van der Waals surface area contributed by atoms with Crippen molar-refractivity contribution in [3.8, 4) is 0 Å². The molecule has 2 unspecified atom stereocenters. The maximum Gasteiger partial charge on any atom is 0.129 e. The first kappa shape index (κ1) is 13.1. The Balaban J connectivity index is 2.96. The Morgan fingerprint density at radius 1 is 1.31 bits per heavy atom. The van der Waals surface area contributed by atoms with Crippen molar-refractivity contribution in [2.24, 2.45) is 11.7 Å². The molecular weight excluding hydrogens is 208 g/mol. The minimum absolute atomic E-state index is 0.0906. The van der Waals surface area contributed by atoms with Crippen LogP contribution in [0.4, 0.5) is 8.78 Å². The molecule has 90 valence electrons. The molecule has 1 nitrogen and oxygen atoms in total. The van der Waals surface area contributed by atoms with Crippen LogP contribution in [0.15, 0.2) is 18.2 Å². The smallest absolute Gasteiger partial charge is 0.129 e. The molecule has 1 aromatic rings. The number of halogens is 2. The predicted octanol–water partition coefficient (Wildman–Crippen LogP) is 3.27. The summed E-state index contributed by atoms with van der Waals surface area (Å²) in [7, 11) is 0. The summed E-state index contributed by atoms with van der Waals surface area (Å²) in [5.41, 5.74) is 5.61. The van der Waals surface area contributed by atoms with Gasteiger partial charge in [0.25, 0.3) is 0 Å². The molecule has 3 heteroatoms. The summed E-state index contributed by atoms with van der Waals surface area (Å²) in [4.78, 5) is 0. The molecule has 0 aromatic heterocycles. The molecule has 1 rings (SSSR count). The van der Waals surface area contributed by atoms with E-state index in [0.717, 1.165) is 6.42 Å². The minimum atomic E-state index is -0.586. The molecule has 0 aliphatic heterocycles. The third-order valence-corrected chi connectivity index (χ3v) is 3.36. The number of benzene rings is 1. The van der Waals surface area contributed by atoms with Crippen LogP contribution < -0.4 is 5.73 Å². The number of hydrogen-bond donors (Lipinski definition) is 1. The molecule has 0 amide bonds. The summed E-state index contributed by atoms with van der Waals surface area (Å²) in [5.74, 6) is -0.813. The number of hydrogen-bond acceptors (Lipinski definition) is 1. The van der Waals surface area contributed by atoms with Gasteiger partial charge in [0, 0.05) is 11.1 Å². The van der Waals surface area contributed by atoms with Crippen molar-refractivity contribution in [2.45, 2.75) is 39.2 Å². The second-order valence-corrected chi connectivity index (χ2v) is 4.69. The minimum Gasteiger partial charge on any atom is -0.325 e. The van der Waals surface area contributed by atoms with Crippen LogP contribution in [-0.2, 0) is 6.42 Å². The van der Waals surface area contributed by atoms with Crippen molar-refractivity contribution in [3.63, 3.8) is 0 Å². The highest BCUT2D eigenvalue weighted by atomic mass is 19.1. The van der Waals surface area contributed by atoms with E-state index in [1.807, 2.05) is 20.8 Å². The van der Waals surface area contributed by atoms with Gasteiger partial charge in [-0.05, 0) is 31.4 Å². The average Bonchev–Trinajstić information content (AvgIpc) is 2.22. The summed E-state index contributed by atoms with van der Waals surface area (Å²) in [6.07, 6.45) is 1.11. The zero-order chi connectivity index (χ0) is 12.3. The Bertz CT molecular complexity index is 341. The molecule has 0 heterocycles. The first-order chi connectivity index (χ1) is 7.38. The van der Waals surface area contributed by atoms with Gasteiger partial charge in [-0.1, -0.05) is 26.3 Å². The van der Waals surface area contributed by atoms with Gasteiger partial charge in [0.15, 0.2) is 0 Å². The summed E-state index contributed by atoms with van der Waals surface area (Å²) >= 11 is 0. The van der Waals surface area contributed by atoms with E-state index >= 15 is 0 Å². The first-order valence-corrected chi connectivity index (χ1v) is 5.60. The lowest BCUT2D eigenvalue weighted by molar-refractivity contribution is 0.299. The van der Waals surface area contributed by atoms with E-state index in [2.05, 4.69) is 0 Å². The van der Waals surface area contributed by atoms with Crippen LogP contribution in [0.1, 0.15) is 32.8 Å². The molecule has 0 aliphatic carbocycles. The first-order valence-electron chi connectivity index (χ1n) is 5.60. The van der Waals surface area contributed by atoms with Crippen molar-refractivity contribution >= 4 is 0 Å². The van der Waals surface area contributed by atoms with Gasteiger partial charge in [-0.25, -0.2) is 8.78 Å². The highest BCUT2D eigenvalue weighted by molar-refractivity contribution is 5.22. The molecule has 16 heavy (non-hydrogen) atoms. The molecule has 1 aromatic carbocycles. The van der Waals surface area contributed by atoms with Gasteiger partial charge >= 0.3 is 0 Å². The molecule has 2 N–H and O–H groups in total. The van der Waals surface area contributed by atoms with Crippen LogP contribution in [-0.4, -0.2) is 5.54 Å². The van der Waals surface area contributed by atoms with Gasteiger partial charge in [0.05, 0.1) is 0 Å².